The van der Waals surface area contributed by atoms with Crippen LogP contribution in [0.4, 0.5) is 5.69 Å². The smallest absolute Gasteiger partial charge is 0.255 e. The number of hydrogen-bond donors (Lipinski definition) is 2. The molecule has 2 aromatic carbocycles. The normalized spacial score (nSPS) is 16.6. The van der Waals surface area contributed by atoms with E-state index in [4.69, 9.17) is 11.6 Å². The van der Waals surface area contributed by atoms with E-state index in [9.17, 15) is 4.79 Å². The van der Waals surface area contributed by atoms with E-state index in [1.54, 1.807) is 6.07 Å². The zero-order chi connectivity index (χ0) is 16.0. The first-order chi connectivity index (χ1) is 11.1. The second kappa shape index (κ2) is 5.25. The van der Waals surface area contributed by atoms with Gasteiger partial charge in [0.15, 0.2) is 0 Å². The summed E-state index contributed by atoms with van der Waals surface area (Å²) in [5, 5.41) is 7.63. The fourth-order valence-electron chi connectivity index (χ4n) is 2.85. The fraction of sp³-hybridized carbons (Fsp3) is 0.111. The number of aryl methyl sites for hydroxylation is 1. The molecule has 1 amide bonds. The Morgan fingerprint density at radius 1 is 1.09 bits per heavy atom. The van der Waals surface area contributed by atoms with E-state index in [1.165, 1.54) is 0 Å². The Morgan fingerprint density at radius 2 is 1.91 bits per heavy atom. The van der Waals surface area contributed by atoms with E-state index in [0.717, 1.165) is 27.7 Å². The molecule has 3 aromatic rings. The van der Waals surface area contributed by atoms with E-state index >= 15 is 0 Å². The summed E-state index contributed by atoms with van der Waals surface area (Å²) >= 11 is 6.35. The average molecular weight is 324 g/mol. The van der Waals surface area contributed by atoms with Gasteiger partial charge < -0.3 is 10.6 Å². The van der Waals surface area contributed by atoms with Crippen molar-refractivity contribution in [1.82, 2.24) is 10.3 Å². The number of carbonyl (C=O) groups is 1. The lowest BCUT2D eigenvalue weighted by Gasteiger charge is -2.28. The predicted molar refractivity (Wildman–Crippen MR) is 91.8 cm³/mol. The van der Waals surface area contributed by atoms with Crippen LogP contribution in [-0.4, -0.2) is 10.9 Å². The maximum atomic E-state index is 12.3. The van der Waals surface area contributed by atoms with Crippen molar-refractivity contribution >= 4 is 34.1 Å². The number of benzene rings is 2. The summed E-state index contributed by atoms with van der Waals surface area (Å²) in [6.07, 6.45) is -0.401. The average Bonchev–Trinajstić information content (AvgIpc) is 2.54. The molecule has 2 N–H and O–H groups in total. The van der Waals surface area contributed by atoms with Crippen LogP contribution in [0.25, 0.3) is 10.9 Å². The Labute approximate surface area is 138 Å². The Balaban J connectivity index is 1.80. The minimum atomic E-state index is -0.401. The molecule has 1 atom stereocenters. The van der Waals surface area contributed by atoms with E-state index in [-0.39, 0.29) is 5.91 Å². The van der Waals surface area contributed by atoms with Crippen LogP contribution in [0.5, 0.6) is 0 Å². The Morgan fingerprint density at radius 3 is 2.78 bits per heavy atom. The van der Waals surface area contributed by atoms with E-state index < -0.39 is 6.17 Å². The highest BCUT2D eigenvalue weighted by Gasteiger charge is 2.26. The number of nitrogens with zero attached hydrogens (tertiary/aromatic N) is 1. The van der Waals surface area contributed by atoms with Gasteiger partial charge in [-0.25, -0.2) is 4.98 Å². The summed E-state index contributed by atoms with van der Waals surface area (Å²) < 4.78 is 0. The summed E-state index contributed by atoms with van der Waals surface area (Å²) in [6, 6.07) is 15.4. The number of rotatable bonds is 1. The first-order valence-corrected chi connectivity index (χ1v) is 7.73. The minimum absolute atomic E-state index is 0.121. The van der Waals surface area contributed by atoms with Crippen LogP contribution in [0.1, 0.15) is 27.7 Å². The van der Waals surface area contributed by atoms with E-state index in [2.05, 4.69) is 21.7 Å². The summed E-state index contributed by atoms with van der Waals surface area (Å²) in [4.78, 5) is 16.7. The molecule has 23 heavy (non-hydrogen) atoms. The fourth-order valence-corrected chi connectivity index (χ4v) is 3.11. The highest BCUT2D eigenvalue weighted by atomic mass is 35.5. The third-order valence-electron chi connectivity index (χ3n) is 4.01. The van der Waals surface area contributed by atoms with Gasteiger partial charge in [-0.15, -0.1) is 0 Å². The van der Waals surface area contributed by atoms with Gasteiger partial charge in [-0.1, -0.05) is 35.4 Å². The van der Waals surface area contributed by atoms with Gasteiger partial charge in [0.05, 0.1) is 11.1 Å². The molecule has 0 aliphatic carbocycles. The largest absolute Gasteiger partial charge is 0.361 e. The zero-order valence-corrected chi connectivity index (χ0v) is 13.2. The Bertz CT molecular complexity index is 939. The van der Waals surface area contributed by atoms with Crippen LogP contribution < -0.4 is 10.6 Å². The van der Waals surface area contributed by atoms with Crippen molar-refractivity contribution < 1.29 is 4.79 Å². The second-order valence-electron chi connectivity index (χ2n) is 5.66. The van der Waals surface area contributed by atoms with Crippen molar-refractivity contribution in [1.29, 1.82) is 0 Å². The molecule has 0 saturated carbocycles. The monoisotopic (exact) mass is 323 g/mol. The first-order valence-electron chi connectivity index (χ1n) is 7.35. The van der Waals surface area contributed by atoms with E-state index in [0.29, 0.717) is 10.7 Å². The SMILES string of the molecule is Cc1ccc2nc(Cl)c([C@@H]3NC(=O)c4ccccc4N3)cc2c1. The molecule has 4 nitrogen and oxygen atoms in total. The van der Waals surface area contributed by atoms with Gasteiger partial charge in [-0.05, 0) is 37.3 Å². The van der Waals surface area contributed by atoms with Gasteiger partial charge >= 0.3 is 0 Å². The molecule has 1 aromatic heterocycles. The quantitative estimate of drug-likeness (QED) is 0.664. The summed E-state index contributed by atoms with van der Waals surface area (Å²) in [5.41, 5.74) is 4.17. The maximum absolute atomic E-state index is 12.3. The molecule has 1 aliphatic heterocycles. The molecule has 0 saturated heterocycles. The van der Waals surface area contributed by atoms with Crippen LogP contribution in [0.15, 0.2) is 48.5 Å². The molecular weight excluding hydrogens is 310 g/mol. The predicted octanol–water partition coefficient (Wildman–Crippen LogP) is 4.05. The molecule has 0 radical (unpaired) electrons. The summed E-state index contributed by atoms with van der Waals surface area (Å²) in [7, 11) is 0. The molecule has 0 spiro atoms. The topological polar surface area (TPSA) is 54.0 Å². The highest BCUT2D eigenvalue weighted by molar-refractivity contribution is 6.30. The number of pyridine rings is 1. The summed E-state index contributed by atoms with van der Waals surface area (Å²) in [5.74, 6) is -0.121. The number of aromatic nitrogens is 1. The van der Waals surface area contributed by atoms with Gasteiger partial charge in [0, 0.05) is 16.6 Å². The van der Waals surface area contributed by atoms with Crippen molar-refractivity contribution in [3.8, 4) is 0 Å². The van der Waals surface area contributed by atoms with Crippen molar-refractivity contribution in [2.24, 2.45) is 0 Å². The van der Waals surface area contributed by atoms with Gasteiger partial charge in [0.25, 0.3) is 5.91 Å². The zero-order valence-electron chi connectivity index (χ0n) is 12.4. The van der Waals surface area contributed by atoms with Gasteiger partial charge in [0.1, 0.15) is 11.3 Å². The summed E-state index contributed by atoms with van der Waals surface area (Å²) in [6.45, 7) is 2.03. The van der Waals surface area contributed by atoms with Crippen molar-refractivity contribution in [2.45, 2.75) is 13.1 Å². The number of para-hydroxylation sites is 1. The molecule has 5 heteroatoms. The lowest BCUT2D eigenvalue weighted by atomic mass is 10.0. The third kappa shape index (κ3) is 2.41. The minimum Gasteiger partial charge on any atom is -0.361 e. The van der Waals surface area contributed by atoms with Crippen LogP contribution in [-0.2, 0) is 0 Å². The van der Waals surface area contributed by atoms with E-state index in [1.807, 2.05) is 43.3 Å². The van der Waals surface area contributed by atoms with Crippen molar-refractivity contribution in [3.63, 3.8) is 0 Å². The second-order valence-corrected chi connectivity index (χ2v) is 6.02. The van der Waals surface area contributed by atoms with Crippen LogP contribution in [0.2, 0.25) is 5.15 Å². The lowest BCUT2D eigenvalue weighted by Crippen LogP contribution is -2.38. The number of hydrogen-bond acceptors (Lipinski definition) is 3. The molecule has 0 unspecified atom stereocenters. The highest BCUT2D eigenvalue weighted by Crippen LogP contribution is 2.31. The Kier molecular flexibility index (Phi) is 3.20. The third-order valence-corrected chi connectivity index (χ3v) is 4.31. The number of anilines is 1. The lowest BCUT2D eigenvalue weighted by molar-refractivity contribution is 0.0935. The molecule has 4 rings (SSSR count). The molecule has 114 valence electrons. The van der Waals surface area contributed by atoms with Crippen LogP contribution in [0, 0.1) is 6.92 Å². The molecular formula is C18H14ClN3O. The first kappa shape index (κ1) is 14.0. The molecule has 1 aliphatic rings. The molecule has 2 heterocycles. The van der Waals surface area contributed by atoms with Crippen molar-refractivity contribution in [3.05, 3.63) is 70.4 Å². The number of nitrogens with one attached hydrogen (secondary N) is 2. The molecule has 0 bridgehead atoms. The molecule has 0 fully saturated rings. The van der Waals surface area contributed by atoms with Crippen LogP contribution in [0.3, 0.4) is 0 Å². The van der Waals surface area contributed by atoms with Gasteiger partial charge in [-0.3, -0.25) is 4.79 Å². The Hall–Kier alpha value is -2.59. The van der Waals surface area contributed by atoms with Gasteiger partial charge in [0.2, 0.25) is 0 Å². The van der Waals surface area contributed by atoms with Crippen LogP contribution >= 0.6 is 11.6 Å². The number of carbonyl (C=O) groups excluding carboxylic acids is 1. The standard InChI is InChI=1S/C18H14ClN3O/c1-10-6-7-14-11(8-10)9-13(16(19)20-14)17-21-15-5-3-2-4-12(15)18(23)22-17/h2-9,17,21H,1H3,(H,22,23)/t17-/m0/s1. The number of fused-ring (bicyclic) bond motifs is 2. The van der Waals surface area contributed by atoms with Crippen molar-refractivity contribution in [2.75, 3.05) is 5.32 Å². The van der Waals surface area contributed by atoms with Gasteiger partial charge in [-0.2, -0.15) is 0 Å². The number of amides is 1. The maximum Gasteiger partial charge on any atom is 0.255 e. The number of halogens is 1.